The third-order valence-electron chi connectivity index (χ3n) is 4.36. The number of aliphatic carboxylic acids is 1. The maximum absolute atomic E-state index is 11.8. The second kappa shape index (κ2) is 4.08. The van der Waals surface area contributed by atoms with Crippen molar-refractivity contribution in [3.63, 3.8) is 0 Å². The number of carbonyl (C=O) groups excluding carboxylic acids is 1. The van der Waals surface area contributed by atoms with Gasteiger partial charge in [-0.3, -0.25) is 9.59 Å². The van der Waals surface area contributed by atoms with Gasteiger partial charge in [-0.2, -0.15) is 0 Å². The number of nitrogens with one attached hydrogen (secondary N) is 1. The lowest BCUT2D eigenvalue weighted by molar-refractivity contribution is -0.143. The SMILES string of the molecule is Cc1cc2c(c(C3(C(=O)O)CCCC3)c1)NC(=O)C2. The van der Waals surface area contributed by atoms with Crippen molar-refractivity contribution in [1.82, 2.24) is 0 Å². The van der Waals surface area contributed by atoms with Crippen LogP contribution in [0.5, 0.6) is 0 Å². The summed E-state index contributed by atoms with van der Waals surface area (Å²) in [7, 11) is 0. The predicted molar refractivity (Wildman–Crippen MR) is 71.3 cm³/mol. The molecule has 1 heterocycles. The summed E-state index contributed by atoms with van der Waals surface area (Å²) >= 11 is 0. The molecule has 4 nitrogen and oxygen atoms in total. The molecule has 2 aliphatic rings. The van der Waals surface area contributed by atoms with Crippen molar-refractivity contribution in [2.75, 3.05) is 5.32 Å². The third-order valence-corrected chi connectivity index (χ3v) is 4.36. The number of aryl methyl sites for hydroxylation is 1. The molecule has 0 saturated heterocycles. The first-order valence-electron chi connectivity index (χ1n) is 6.70. The first-order valence-corrected chi connectivity index (χ1v) is 6.70. The van der Waals surface area contributed by atoms with Crippen LogP contribution in [0.4, 0.5) is 5.69 Å². The monoisotopic (exact) mass is 259 g/mol. The summed E-state index contributed by atoms with van der Waals surface area (Å²) in [6, 6.07) is 3.91. The van der Waals surface area contributed by atoms with Crippen molar-refractivity contribution < 1.29 is 14.7 Å². The Balaban J connectivity index is 2.20. The van der Waals surface area contributed by atoms with E-state index in [4.69, 9.17) is 0 Å². The number of rotatable bonds is 2. The number of carbonyl (C=O) groups is 2. The zero-order chi connectivity index (χ0) is 13.6. The highest BCUT2D eigenvalue weighted by Gasteiger charge is 2.45. The lowest BCUT2D eigenvalue weighted by Gasteiger charge is -2.27. The second-order valence-corrected chi connectivity index (χ2v) is 5.67. The molecule has 1 aliphatic carbocycles. The van der Waals surface area contributed by atoms with Gasteiger partial charge in [-0.25, -0.2) is 0 Å². The van der Waals surface area contributed by atoms with E-state index in [0.29, 0.717) is 19.3 Å². The minimum Gasteiger partial charge on any atom is -0.481 e. The summed E-state index contributed by atoms with van der Waals surface area (Å²) in [4.78, 5) is 23.4. The van der Waals surface area contributed by atoms with Gasteiger partial charge < -0.3 is 10.4 Å². The lowest BCUT2D eigenvalue weighted by atomic mass is 9.77. The smallest absolute Gasteiger partial charge is 0.314 e. The molecule has 1 saturated carbocycles. The molecule has 0 unspecified atom stereocenters. The van der Waals surface area contributed by atoms with Crippen LogP contribution in [0, 0.1) is 6.92 Å². The van der Waals surface area contributed by atoms with Gasteiger partial charge in [0.1, 0.15) is 0 Å². The summed E-state index contributed by atoms with van der Waals surface area (Å²) in [6.45, 7) is 1.96. The maximum Gasteiger partial charge on any atom is 0.314 e. The topological polar surface area (TPSA) is 66.4 Å². The number of fused-ring (bicyclic) bond motifs is 1. The molecule has 19 heavy (non-hydrogen) atoms. The van der Waals surface area contributed by atoms with Crippen LogP contribution >= 0.6 is 0 Å². The van der Waals surface area contributed by atoms with Gasteiger partial charge in [0.15, 0.2) is 0 Å². The first kappa shape index (κ1) is 12.2. The minimum absolute atomic E-state index is 0.0413. The van der Waals surface area contributed by atoms with Gasteiger partial charge in [-0.1, -0.05) is 30.5 Å². The molecule has 0 spiro atoms. The molecule has 100 valence electrons. The van der Waals surface area contributed by atoms with Crippen LogP contribution in [0.15, 0.2) is 12.1 Å². The highest BCUT2D eigenvalue weighted by Crippen LogP contribution is 2.46. The Bertz CT molecular complexity index is 571. The summed E-state index contributed by atoms with van der Waals surface area (Å²) in [6.07, 6.45) is 3.55. The molecule has 2 N–H and O–H groups in total. The zero-order valence-electron chi connectivity index (χ0n) is 11.0. The number of benzene rings is 1. The summed E-state index contributed by atoms with van der Waals surface area (Å²) in [5.41, 5.74) is 2.71. The van der Waals surface area contributed by atoms with E-state index >= 15 is 0 Å². The van der Waals surface area contributed by atoms with Crippen LogP contribution in [0.1, 0.15) is 42.4 Å². The molecule has 1 fully saturated rings. The molecule has 3 rings (SSSR count). The van der Waals surface area contributed by atoms with E-state index in [0.717, 1.165) is 35.2 Å². The van der Waals surface area contributed by atoms with Crippen LogP contribution in [0.2, 0.25) is 0 Å². The molecule has 4 heteroatoms. The summed E-state index contributed by atoms with van der Waals surface area (Å²) in [5.74, 6) is -0.806. The average molecular weight is 259 g/mol. The molecule has 0 bridgehead atoms. The number of anilines is 1. The van der Waals surface area contributed by atoms with E-state index in [2.05, 4.69) is 5.32 Å². The fraction of sp³-hybridized carbons (Fsp3) is 0.467. The van der Waals surface area contributed by atoms with Gasteiger partial charge in [-0.05, 0) is 30.9 Å². The van der Waals surface area contributed by atoms with Gasteiger partial charge >= 0.3 is 5.97 Å². The molecule has 1 aromatic carbocycles. The largest absolute Gasteiger partial charge is 0.481 e. The van der Waals surface area contributed by atoms with Crippen LogP contribution in [-0.4, -0.2) is 17.0 Å². The Morgan fingerprint density at radius 2 is 2.00 bits per heavy atom. The molecule has 0 atom stereocenters. The molecular formula is C15H17NO3. The first-order chi connectivity index (χ1) is 9.03. The van der Waals surface area contributed by atoms with Gasteiger partial charge in [0.25, 0.3) is 0 Å². The zero-order valence-corrected chi connectivity index (χ0v) is 11.0. The Morgan fingerprint density at radius 1 is 1.32 bits per heavy atom. The molecule has 0 aromatic heterocycles. The Hall–Kier alpha value is -1.84. The molecular weight excluding hydrogens is 242 g/mol. The molecule has 1 aliphatic heterocycles. The maximum atomic E-state index is 11.8. The summed E-state index contributed by atoms with van der Waals surface area (Å²) in [5, 5.41) is 12.5. The fourth-order valence-electron chi connectivity index (χ4n) is 3.46. The number of hydrogen-bond donors (Lipinski definition) is 2. The van der Waals surface area contributed by atoms with Crippen molar-refractivity contribution >= 4 is 17.6 Å². The van der Waals surface area contributed by atoms with Crippen LogP contribution < -0.4 is 5.32 Å². The van der Waals surface area contributed by atoms with Crippen LogP contribution in [0.3, 0.4) is 0 Å². The van der Waals surface area contributed by atoms with E-state index in [1.54, 1.807) is 0 Å². The number of carboxylic acid groups (broad SMARTS) is 1. The Kier molecular flexibility index (Phi) is 2.62. The van der Waals surface area contributed by atoms with Gasteiger partial charge in [0.2, 0.25) is 5.91 Å². The van der Waals surface area contributed by atoms with E-state index in [9.17, 15) is 14.7 Å². The molecule has 1 aromatic rings. The van der Waals surface area contributed by atoms with Crippen LogP contribution in [-0.2, 0) is 21.4 Å². The Labute approximate surface area is 111 Å². The minimum atomic E-state index is -0.812. The average Bonchev–Trinajstić information content (AvgIpc) is 2.93. The van der Waals surface area contributed by atoms with Crippen molar-refractivity contribution in [3.8, 4) is 0 Å². The Morgan fingerprint density at radius 3 is 2.63 bits per heavy atom. The predicted octanol–water partition coefficient (Wildman–Crippen LogP) is 2.39. The van der Waals surface area contributed by atoms with E-state index in [1.165, 1.54) is 0 Å². The molecule has 1 amide bonds. The lowest BCUT2D eigenvalue weighted by Crippen LogP contribution is -2.33. The van der Waals surface area contributed by atoms with Gasteiger partial charge in [0, 0.05) is 5.69 Å². The highest BCUT2D eigenvalue weighted by atomic mass is 16.4. The van der Waals surface area contributed by atoms with E-state index < -0.39 is 11.4 Å². The standard InChI is InChI=1S/C15H17NO3/c1-9-6-10-8-12(17)16-13(10)11(7-9)15(14(18)19)4-2-3-5-15/h6-7H,2-5,8H2,1H3,(H,16,17)(H,18,19). The van der Waals surface area contributed by atoms with Gasteiger partial charge in [0.05, 0.1) is 11.8 Å². The fourth-order valence-corrected chi connectivity index (χ4v) is 3.46. The van der Waals surface area contributed by atoms with E-state index in [1.807, 2.05) is 19.1 Å². The van der Waals surface area contributed by atoms with Crippen molar-refractivity contribution in [1.29, 1.82) is 0 Å². The van der Waals surface area contributed by atoms with E-state index in [-0.39, 0.29) is 5.91 Å². The molecule has 0 radical (unpaired) electrons. The normalized spacial score (nSPS) is 20.2. The quantitative estimate of drug-likeness (QED) is 0.857. The summed E-state index contributed by atoms with van der Waals surface area (Å²) < 4.78 is 0. The van der Waals surface area contributed by atoms with Crippen molar-refractivity contribution in [2.45, 2.75) is 44.4 Å². The number of carboxylic acids is 1. The number of hydrogen-bond acceptors (Lipinski definition) is 2. The van der Waals surface area contributed by atoms with Gasteiger partial charge in [-0.15, -0.1) is 0 Å². The highest BCUT2D eigenvalue weighted by molar-refractivity contribution is 6.01. The van der Waals surface area contributed by atoms with Crippen LogP contribution in [0.25, 0.3) is 0 Å². The second-order valence-electron chi connectivity index (χ2n) is 5.67. The van der Waals surface area contributed by atoms with Crippen molar-refractivity contribution in [3.05, 3.63) is 28.8 Å². The third kappa shape index (κ3) is 1.74. The number of amides is 1. The van der Waals surface area contributed by atoms with Crippen molar-refractivity contribution in [2.24, 2.45) is 0 Å².